The molecule has 0 saturated carbocycles. The van der Waals surface area contributed by atoms with E-state index >= 15 is 0 Å². The topological polar surface area (TPSA) is 59.1 Å². The Bertz CT molecular complexity index is 668. The van der Waals surface area contributed by atoms with Gasteiger partial charge in [-0.15, -0.1) is 0 Å². The highest BCUT2D eigenvalue weighted by atomic mass is 32.2. The zero-order valence-electron chi connectivity index (χ0n) is 11.1. The highest BCUT2D eigenvalue weighted by molar-refractivity contribution is 7.90. The summed E-state index contributed by atoms with van der Waals surface area (Å²) >= 11 is 0. The molecule has 2 rings (SSSR count). The lowest BCUT2D eigenvalue weighted by Gasteiger charge is -2.16. The molecular formula is C14H18N2O2S. The first-order valence-corrected chi connectivity index (χ1v) is 8.25. The molecule has 1 unspecified atom stereocenters. The molecule has 0 spiro atoms. The van der Waals surface area contributed by atoms with Crippen LogP contribution in [0.25, 0.3) is 10.9 Å². The van der Waals surface area contributed by atoms with Gasteiger partial charge in [0, 0.05) is 23.9 Å². The lowest BCUT2D eigenvalue weighted by atomic mass is 10.0. The molecule has 0 saturated heterocycles. The Morgan fingerprint density at radius 1 is 1.32 bits per heavy atom. The lowest BCUT2D eigenvalue weighted by molar-refractivity contribution is 0.559. The number of sulfone groups is 1. The third-order valence-corrected chi connectivity index (χ3v) is 4.13. The monoisotopic (exact) mass is 278 g/mol. The second-order valence-corrected chi connectivity index (χ2v) is 6.98. The van der Waals surface area contributed by atoms with Crippen LogP contribution in [0.1, 0.15) is 18.0 Å². The van der Waals surface area contributed by atoms with Gasteiger partial charge in [-0.1, -0.05) is 12.1 Å². The number of hydrogen-bond donors (Lipinski definition) is 1. The van der Waals surface area contributed by atoms with Crippen LogP contribution in [0.15, 0.2) is 36.5 Å². The van der Waals surface area contributed by atoms with Gasteiger partial charge in [-0.2, -0.15) is 0 Å². The molecule has 4 nitrogen and oxygen atoms in total. The maximum atomic E-state index is 11.3. The van der Waals surface area contributed by atoms with Crippen LogP contribution < -0.4 is 5.32 Å². The van der Waals surface area contributed by atoms with E-state index in [0.717, 1.165) is 16.5 Å². The first-order valence-electron chi connectivity index (χ1n) is 6.19. The molecule has 2 aromatic rings. The summed E-state index contributed by atoms with van der Waals surface area (Å²) in [6.07, 6.45) is 3.60. The zero-order valence-corrected chi connectivity index (χ0v) is 11.9. The van der Waals surface area contributed by atoms with E-state index in [2.05, 4.69) is 16.4 Å². The summed E-state index contributed by atoms with van der Waals surface area (Å²) < 4.78 is 22.5. The second-order valence-electron chi connectivity index (χ2n) is 4.72. The molecule has 1 aromatic heterocycles. The van der Waals surface area contributed by atoms with Crippen LogP contribution in [0.3, 0.4) is 0 Å². The summed E-state index contributed by atoms with van der Waals surface area (Å²) in [5.41, 5.74) is 2.04. The normalized spacial score (nSPS) is 13.6. The fraction of sp³-hybridized carbons (Fsp3) is 0.357. The molecule has 1 atom stereocenters. The van der Waals surface area contributed by atoms with Crippen molar-refractivity contribution >= 4 is 20.7 Å². The van der Waals surface area contributed by atoms with Crippen molar-refractivity contribution in [1.82, 2.24) is 10.3 Å². The predicted octanol–water partition coefficient (Wildman–Crippen LogP) is 1.93. The molecule has 5 heteroatoms. The van der Waals surface area contributed by atoms with E-state index < -0.39 is 9.84 Å². The Kier molecular flexibility index (Phi) is 4.17. The van der Waals surface area contributed by atoms with Gasteiger partial charge >= 0.3 is 0 Å². The molecule has 102 valence electrons. The Morgan fingerprint density at radius 3 is 2.79 bits per heavy atom. The first-order chi connectivity index (χ1) is 8.99. The number of fused-ring (bicyclic) bond motifs is 1. The number of benzene rings is 1. The van der Waals surface area contributed by atoms with E-state index in [-0.39, 0.29) is 11.8 Å². The number of hydrogen-bond acceptors (Lipinski definition) is 4. The molecule has 19 heavy (non-hydrogen) atoms. The smallest absolute Gasteiger partial charge is 0.147 e. The average Bonchev–Trinajstić information content (AvgIpc) is 2.38. The molecule has 0 aliphatic carbocycles. The quantitative estimate of drug-likeness (QED) is 0.908. The van der Waals surface area contributed by atoms with Gasteiger partial charge in [0.2, 0.25) is 0 Å². The molecule has 1 heterocycles. The van der Waals surface area contributed by atoms with Crippen molar-refractivity contribution in [3.05, 3.63) is 42.1 Å². The molecule has 1 N–H and O–H groups in total. The van der Waals surface area contributed by atoms with Crippen LogP contribution in [0.4, 0.5) is 0 Å². The number of nitrogens with one attached hydrogen (secondary N) is 1. The minimum absolute atomic E-state index is 0.0410. The van der Waals surface area contributed by atoms with Crippen molar-refractivity contribution in [1.29, 1.82) is 0 Å². The Morgan fingerprint density at radius 2 is 2.11 bits per heavy atom. The van der Waals surface area contributed by atoms with Crippen molar-refractivity contribution in [3.63, 3.8) is 0 Å². The number of pyridine rings is 1. The van der Waals surface area contributed by atoms with Gasteiger partial charge in [-0.3, -0.25) is 4.98 Å². The maximum Gasteiger partial charge on any atom is 0.147 e. The molecule has 0 fully saturated rings. The fourth-order valence-corrected chi connectivity index (χ4v) is 2.78. The van der Waals surface area contributed by atoms with Crippen LogP contribution in [-0.4, -0.2) is 32.5 Å². The summed E-state index contributed by atoms with van der Waals surface area (Å²) in [5.74, 6) is 0.184. The Hall–Kier alpha value is -1.46. The van der Waals surface area contributed by atoms with Crippen LogP contribution in [0.5, 0.6) is 0 Å². The molecular weight excluding hydrogens is 260 g/mol. The highest BCUT2D eigenvalue weighted by Crippen LogP contribution is 2.21. The van der Waals surface area contributed by atoms with Gasteiger partial charge in [0.05, 0.1) is 11.3 Å². The van der Waals surface area contributed by atoms with Crippen molar-refractivity contribution in [2.75, 3.05) is 19.1 Å². The van der Waals surface area contributed by atoms with Gasteiger partial charge in [0.25, 0.3) is 0 Å². The van der Waals surface area contributed by atoms with Crippen molar-refractivity contribution in [2.45, 2.75) is 12.5 Å². The van der Waals surface area contributed by atoms with Gasteiger partial charge in [0.1, 0.15) is 9.84 Å². The zero-order chi connectivity index (χ0) is 13.9. The van der Waals surface area contributed by atoms with Gasteiger partial charge in [0.15, 0.2) is 0 Å². The largest absolute Gasteiger partial charge is 0.313 e. The second kappa shape index (κ2) is 5.67. The third kappa shape index (κ3) is 3.75. The molecule has 0 bridgehead atoms. The van der Waals surface area contributed by atoms with E-state index in [0.29, 0.717) is 6.42 Å². The molecule has 0 aliphatic rings. The SMILES string of the molecule is CNC(CCS(C)(=O)=O)c1ccc2ncccc2c1. The van der Waals surface area contributed by atoms with Gasteiger partial charge in [-0.05, 0) is 37.2 Å². The van der Waals surface area contributed by atoms with Crippen LogP contribution in [0, 0.1) is 0 Å². The molecule has 0 aliphatic heterocycles. The minimum atomic E-state index is -2.93. The van der Waals surface area contributed by atoms with Crippen LogP contribution in [-0.2, 0) is 9.84 Å². The molecule has 0 radical (unpaired) electrons. The fourth-order valence-electron chi connectivity index (χ4n) is 2.12. The highest BCUT2D eigenvalue weighted by Gasteiger charge is 2.13. The van der Waals surface area contributed by atoms with E-state index in [1.165, 1.54) is 6.26 Å². The summed E-state index contributed by atoms with van der Waals surface area (Å²) in [5, 5.41) is 4.24. The Labute approximate surface area is 113 Å². The van der Waals surface area contributed by atoms with Crippen LogP contribution >= 0.6 is 0 Å². The average molecular weight is 278 g/mol. The van der Waals surface area contributed by atoms with E-state index in [1.54, 1.807) is 6.20 Å². The predicted molar refractivity (Wildman–Crippen MR) is 77.9 cm³/mol. The number of aromatic nitrogens is 1. The molecule has 1 aromatic carbocycles. The summed E-state index contributed by atoms with van der Waals surface area (Å²) in [6, 6.07) is 9.98. The van der Waals surface area contributed by atoms with Crippen LogP contribution in [0.2, 0.25) is 0 Å². The number of nitrogens with zero attached hydrogens (tertiary/aromatic N) is 1. The van der Waals surface area contributed by atoms with E-state index in [9.17, 15) is 8.42 Å². The Balaban J connectivity index is 2.25. The lowest BCUT2D eigenvalue weighted by Crippen LogP contribution is -2.19. The van der Waals surface area contributed by atoms with E-state index in [1.807, 2.05) is 31.3 Å². The summed E-state index contributed by atoms with van der Waals surface area (Å²) in [4.78, 5) is 4.28. The first kappa shape index (κ1) is 14.0. The van der Waals surface area contributed by atoms with E-state index in [4.69, 9.17) is 0 Å². The summed E-state index contributed by atoms with van der Waals surface area (Å²) in [6.45, 7) is 0. The minimum Gasteiger partial charge on any atom is -0.313 e. The van der Waals surface area contributed by atoms with Crippen molar-refractivity contribution in [2.24, 2.45) is 0 Å². The van der Waals surface area contributed by atoms with Gasteiger partial charge in [-0.25, -0.2) is 8.42 Å². The molecule has 0 amide bonds. The van der Waals surface area contributed by atoms with Gasteiger partial charge < -0.3 is 5.32 Å². The summed E-state index contributed by atoms with van der Waals surface area (Å²) in [7, 11) is -1.08. The standard InChI is InChI=1S/C14H18N2O2S/c1-15-13(7-9-19(2,17)18)12-5-6-14-11(10-12)4-3-8-16-14/h3-6,8,10,13,15H,7,9H2,1-2H3. The number of rotatable bonds is 5. The van der Waals surface area contributed by atoms with Crippen molar-refractivity contribution < 1.29 is 8.42 Å². The maximum absolute atomic E-state index is 11.3. The van der Waals surface area contributed by atoms with Crippen molar-refractivity contribution in [3.8, 4) is 0 Å². The third-order valence-electron chi connectivity index (χ3n) is 3.16.